The van der Waals surface area contributed by atoms with E-state index in [-0.39, 0.29) is 37.9 Å². The molecule has 0 spiro atoms. The van der Waals surface area contributed by atoms with Crippen molar-refractivity contribution in [1.29, 1.82) is 0 Å². The molecule has 0 amide bonds. The first kappa shape index (κ1) is 64.0. The summed E-state index contributed by atoms with van der Waals surface area (Å²) in [5.41, 5.74) is 4.56. The molecule has 0 aliphatic carbocycles. The van der Waals surface area contributed by atoms with E-state index in [0.29, 0.717) is 12.8 Å². The maximum Gasteiger partial charge on any atom is 0.481 e. The van der Waals surface area contributed by atoms with Crippen molar-refractivity contribution in [3.05, 3.63) is 59.2 Å². The van der Waals surface area contributed by atoms with Gasteiger partial charge < -0.3 is 50.2 Å². The van der Waals surface area contributed by atoms with Crippen molar-refractivity contribution in [2.75, 3.05) is 25.6 Å². The van der Waals surface area contributed by atoms with Crippen LogP contribution in [0.5, 0.6) is 0 Å². The first-order valence-corrected chi connectivity index (χ1v) is 28.6. The first-order valence-electron chi connectivity index (χ1n) is 25.6. The maximum absolute atomic E-state index is 12.9. The minimum Gasteiger partial charge on any atom is -0.462 e. The van der Waals surface area contributed by atoms with Crippen LogP contribution in [0, 0.1) is 5.92 Å². The third kappa shape index (κ3) is 29.4. The number of ether oxygens (including phenoxy) is 3. The van der Waals surface area contributed by atoms with E-state index in [0.717, 1.165) is 61.6 Å². The van der Waals surface area contributed by atoms with Gasteiger partial charge >= 0.3 is 33.3 Å². The van der Waals surface area contributed by atoms with Crippen LogP contribution in [0.15, 0.2) is 53.5 Å². The lowest BCUT2D eigenvalue weighted by molar-refractivity contribution is -0.161. The fourth-order valence-electron chi connectivity index (χ4n) is 7.45. The van der Waals surface area contributed by atoms with Gasteiger partial charge in [0.05, 0.1) is 25.4 Å². The summed E-state index contributed by atoms with van der Waals surface area (Å²) >= 11 is 0. The van der Waals surface area contributed by atoms with Crippen LogP contribution in [0.3, 0.4) is 0 Å². The van der Waals surface area contributed by atoms with Gasteiger partial charge in [0.25, 0.3) is 0 Å². The van der Waals surface area contributed by atoms with E-state index in [2.05, 4.69) is 48.3 Å². The summed E-state index contributed by atoms with van der Waals surface area (Å²) in [6.07, 6.45) is 22.5. The van der Waals surface area contributed by atoms with Crippen LogP contribution in [0.25, 0.3) is 0 Å². The van der Waals surface area contributed by atoms with Gasteiger partial charge in [0.2, 0.25) is 0 Å². The second kappa shape index (κ2) is 36.8. The van der Waals surface area contributed by atoms with Gasteiger partial charge in [0.1, 0.15) is 30.7 Å². The number of aliphatic hydroxyl groups excluding tert-OH is 4. The highest BCUT2D eigenvalue weighted by Crippen LogP contribution is 2.60. The van der Waals surface area contributed by atoms with Gasteiger partial charge in [-0.05, 0) is 63.4 Å². The van der Waals surface area contributed by atoms with Gasteiger partial charge in [0, 0.05) is 19.0 Å². The van der Waals surface area contributed by atoms with E-state index in [4.69, 9.17) is 29.0 Å². The molecule has 408 valence electrons. The number of carbonyl (C=O) groups excluding carboxylic acids is 2. The number of rotatable bonds is 41. The highest BCUT2D eigenvalue weighted by molar-refractivity contribution is 7.61. The molecule has 1 aromatic heterocycles. The zero-order chi connectivity index (χ0) is 52.5. The Balaban J connectivity index is 1.87. The molecule has 1 saturated heterocycles. The molecule has 5 unspecified atom stereocenters. The molecule has 20 nitrogen and oxygen atoms in total. The van der Waals surface area contributed by atoms with Gasteiger partial charge in [-0.1, -0.05) is 141 Å². The third-order valence-corrected chi connectivity index (χ3v) is 14.6. The standard InChI is InChI=1S/C49H85N3O17P2/c1-4-6-7-8-9-10-11-12-16-19-22-25-29-40(53)41(54)30-27-32-44(55)64-35-39(67-45(56)31-26-23-20-17-14-13-15-18-21-24-28-38(3)5-2)36-65-70(60,61)69-71(62,63)66-37-42-46(57)47(58)48(68-42)52-34-33-43(50)51-49(52)59/h9-10,12,16,22,25,33-34,38-42,46-48,53-54,57-58H,4-8,11,13-15,17-21,23-24,26-32,35-37H2,1-3H3,(H,60,61)(H,62,63)(H2,50,51,59)/b10-9-,16-12-,25-22-/t38?,39-,40?,41?,42-,46-,47-,48-/m1/s1. The summed E-state index contributed by atoms with van der Waals surface area (Å²) in [5.74, 6) is -0.812. The highest BCUT2D eigenvalue weighted by atomic mass is 31.3. The van der Waals surface area contributed by atoms with Crippen LogP contribution in [-0.4, -0.2) is 108 Å². The number of phosphoric acid groups is 2. The van der Waals surface area contributed by atoms with Crippen LogP contribution in [0.2, 0.25) is 0 Å². The number of allylic oxidation sites excluding steroid dienone is 5. The van der Waals surface area contributed by atoms with E-state index in [1.165, 1.54) is 63.9 Å². The molecule has 71 heavy (non-hydrogen) atoms. The molecule has 2 rings (SSSR count). The van der Waals surface area contributed by atoms with Crippen LogP contribution in [0.4, 0.5) is 5.82 Å². The topological polar surface area (TPSA) is 306 Å². The molecule has 2 heterocycles. The van der Waals surface area contributed by atoms with Crippen molar-refractivity contribution in [2.45, 2.75) is 211 Å². The van der Waals surface area contributed by atoms with Gasteiger partial charge in [-0.25, -0.2) is 13.9 Å². The molecule has 1 aliphatic rings. The van der Waals surface area contributed by atoms with E-state index in [1.54, 1.807) is 6.08 Å². The molecule has 1 aliphatic heterocycles. The summed E-state index contributed by atoms with van der Waals surface area (Å²) in [7, 11) is -11.0. The average molecular weight is 1050 g/mol. The molecular formula is C49H85N3O17P2. The molecule has 8 N–H and O–H groups in total. The smallest absolute Gasteiger partial charge is 0.462 e. The van der Waals surface area contributed by atoms with E-state index in [1.807, 2.05) is 12.2 Å². The van der Waals surface area contributed by atoms with E-state index in [9.17, 15) is 53.7 Å². The van der Waals surface area contributed by atoms with Crippen LogP contribution in [0.1, 0.15) is 175 Å². The van der Waals surface area contributed by atoms with Gasteiger partial charge in [-0.15, -0.1) is 0 Å². The number of carbonyl (C=O) groups is 2. The zero-order valence-corrected chi connectivity index (χ0v) is 44.0. The molecule has 1 aromatic rings. The lowest BCUT2D eigenvalue weighted by atomic mass is 9.99. The second-order valence-electron chi connectivity index (χ2n) is 18.2. The highest BCUT2D eigenvalue weighted by Gasteiger charge is 2.46. The molecule has 0 bridgehead atoms. The Kier molecular flexibility index (Phi) is 33.1. The van der Waals surface area contributed by atoms with Crippen LogP contribution in [-0.2, 0) is 46.3 Å². The number of unbranched alkanes of at least 4 members (excludes halogenated alkanes) is 12. The van der Waals surface area contributed by atoms with Crippen LogP contribution < -0.4 is 11.4 Å². The Bertz CT molecular complexity index is 1880. The molecule has 0 radical (unpaired) electrons. The number of hydrogen-bond donors (Lipinski definition) is 7. The minimum atomic E-state index is -5.48. The third-order valence-electron chi connectivity index (χ3n) is 12.0. The number of phosphoric ester groups is 2. The van der Waals surface area contributed by atoms with Gasteiger partial charge in [-0.3, -0.25) is 23.2 Å². The number of esters is 2. The summed E-state index contributed by atoms with van der Waals surface area (Å²) in [6, 6.07) is 1.23. The Morgan fingerprint density at radius 1 is 0.775 bits per heavy atom. The predicted octanol–water partition coefficient (Wildman–Crippen LogP) is 8.19. The van der Waals surface area contributed by atoms with Crippen molar-refractivity contribution >= 4 is 33.4 Å². The van der Waals surface area contributed by atoms with Crippen molar-refractivity contribution in [3.8, 4) is 0 Å². The number of aromatic nitrogens is 2. The Hall–Kier alpha value is -3.10. The average Bonchev–Trinajstić information content (AvgIpc) is 3.60. The molecule has 0 saturated carbocycles. The van der Waals surface area contributed by atoms with Gasteiger partial charge in [0.15, 0.2) is 12.3 Å². The summed E-state index contributed by atoms with van der Waals surface area (Å²) in [5, 5.41) is 41.8. The Labute approximate surface area is 420 Å². The minimum absolute atomic E-state index is 0.00925. The Morgan fingerprint density at radius 2 is 1.38 bits per heavy atom. The largest absolute Gasteiger partial charge is 0.481 e. The summed E-state index contributed by atoms with van der Waals surface area (Å²) < 4.78 is 56.6. The monoisotopic (exact) mass is 1050 g/mol. The lowest BCUT2D eigenvalue weighted by Crippen LogP contribution is -2.36. The summed E-state index contributed by atoms with van der Waals surface area (Å²) in [4.78, 5) is 61.9. The number of nitrogens with two attached hydrogens (primary N) is 1. The fourth-order valence-corrected chi connectivity index (χ4v) is 9.56. The predicted molar refractivity (Wildman–Crippen MR) is 268 cm³/mol. The summed E-state index contributed by atoms with van der Waals surface area (Å²) in [6.45, 7) is 4.14. The number of aliphatic hydroxyl groups is 4. The quantitative estimate of drug-likeness (QED) is 0.0141. The van der Waals surface area contributed by atoms with Crippen molar-refractivity contribution < 1.29 is 76.5 Å². The zero-order valence-electron chi connectivity index (χ0n) is 42.2. The number of nitrogens with zero attached hydrogens (tertiary/aromatic N) is 2. The SMILES string of the molecule is CCCCC/C=C\C/C=C\C/C=C\CC(O)C(O)CCCC(=O)OC[C@H](COP(=O)(O)OP(=O)(O)OC[C@H]1O[C@@H](n2ccc(N)nc2=O)[C@H](O)[C@@H]1O)OC(=O)CCCCCCCCCCCCC(C)CC. The molecule has 22 heteroatoms. The lowest BCUT2D eigenvalue weighted by Gasteiger charge is -2.21. The van der Waals surface area contributed by atoms with Crippen molar-refractivity contribution in [3.63, 3.8) is 0 Å². The van der Waals surface area contributed by atoms with E-state index >= 15 is 0 Å². The molecule has 1 fully saturated rings. The maximum atomic E-state index is 12.9. The molecular weight excluding hydrogens is 964 g/mol. The van der Waals surface area contributed by atoms with E-state index < -0.39 is 95.9 Å². The van der Waals surface area contributed by atoms with Crippen molar-refractivity contribution in [1.82, 2.24) is 9.55 Å². The number of anilines is 1. The normalized spacial score (nSPS) is 20.8. The fraction of sp³-hybridized carbons (Fsp3) is 0.755. The van der Waals surface area contributed by atoms with Crippen molar-refractivity contribution in [2.24, 2.45) is 5.92 Å². The van der Waals surface area contributed by atoms with Gasteiger partial charge in [-0.2, -0.15) is 9.29 Å². The first-order chi connectivity index (χ1) is 33.9. The number of nitrogen functional groups attached to an aromatic ring is 1. The number of hydrogen-bond acceptors (Lipinski definition) is 17. The Morgan fingerprint density at radius 3 is 2.03 bits per heavy atom. The molecule has 10 atom stereocenters. The molecule has 0 aromatic carbocycles. The van der Waals surface area contributed by atoms with Crippen LogP contribution >= 0.6 is 15.6 Å². The second-order valence-corrected chi connectivity index (χ2v) is 21.3.